The van der Waals surface area contributed by atoms with Crippen molar-refractivity contribution in [1.29, 1.82) is 0 Å². The van der Waals surface area contributed by atoms with Crippen molar-refractivity contribution in [2.24, 2.45) is 0 Å². The summed E-state index contributed by atoms with van der Waals surface area (Å²) in [5.74, 6) is 0. The Hall–Kier alpha value is -6.44. The lowest BCUT2D eigenvalue weighted by atomic mass is 9.82. The fraction of sp³-hybridized carbons (Fsp3) is 0.0588. The highest BCUT2D eigenvalue weighted by Crippen LogP contribution is 2.54. The largest absolute Gasteiger partial charge is 0.310 e. The molecule has 0 N–H and O–H groups in total. The summed E-state index contributed by atoms with van der Waals surface area (Å²) < 4.78 is 0. The van der Waals surface area contributed by atoms with Crippen LogP contribution < -0.4 is 4.90 Å². The molecule has 9 aromatic carbocycles. The molecule has 0 saturated carbocycles. The lowest BCUT2D eigenvalue weighted by Gasteiger charge is -2.29. The van der Waals surface area contributed by atoms with Crippen LogP contribution in [0, 0.1) is 0 Å². The number of anilines is 3. The summed E-state index contributed by atoms with van der Waals surface area (Å²) in [7, 11) is 0. The molecule has 52 heavy (non-hydrogen) atoms. The first-order valence-corrected chi connectivity index (χ1v) is 18.2. The maximum atomic E-state index is 2.45. The molecule has 0 bridgehead atoms. The lowest BCUT2D eigenvalue weighted by molar-refractivity contribution is 0.660. The van der Waals surface area contributed by atoms with Gasteiger partial charge in [-0.1, -0.05) is 166 Å². The minimum Gasteiger partial charge on any atom is -0.310 e. The second kappa shape index (κ2) is 11.8. The van der Waals surface area contributed by atoms with Gasteiger partial charge in [0.2, 0.25) is 0 Å². The van der Waals surface area contributed by atoms with Crippen molar-refractivity contribution < 1.29 is 0 Å². The summed E-state index contributed by atoms with van der Waals surface area (Å²) in [6.07, 6.45) is 0. The minimum absolute atomic E-state index is 0.0904. The summed E-state index contributed by atoms with van der Waals surface area (Å²) in [6, 6.07) is 69.1. The van der Waals surface area contributed by atoms with E-state index in [9.17, 15) is 0 Å². The number of fused-ring (bicyclic) bond motifs is 7. The van der Waals surface area contributed by atoms with Crippen molar-refractivity contribution in [3.05, 3.63) is 199 Å². The Morgan fingerprint density at radius 3 is 1.63 bits per heavy atom. The highest BCUT2D eigenvalue weighted by Gasteiger charge is 2.37. The van der Waals surface area contributed by atoms with Crippen LogP contribution in [0.1, 0.15) is 25.0 Å². The average Bonchev–Trinajstić information content (AvgIpc) is 3.44. The zero-order chi connectivity index (χ0) is 34.8. The fourth-order valence-electron chi connectivity index (χ4n) is 8.70. The molecule has 0 atom stereocenters. The second-order valence-electron chi connectivity index (χ2n) is 14.5. The maximum Gasteiger partial charge on any atom is 0.0543 e. The van der Waals surface area contributed by atoms with Gasteiger partial charge in [-0.25, -0.2) is 0 Å². The zero-order valence-electron chi connectivity index (χ0n) is 29.3. The van der Waals surface area contributed by atoms with Gasteiger partial charge in [0.1, 0.15) is 0 Å². The van der Waals surface area contributed by atoms with Crippen LogP contribution in [0.5, 0.6) is 0 Å². The Morgan fingerprint density at radius 1 is 0.365 bits per heavy atom. The third-order valence-corrected chi connectivity index (χ3v) is 11.3. The monoisotopic (exact) mass is 663 g/mol. The highest BCUT2D eigenvalue weighted by atomic mass is 15.1. The zero-order valence-corrected chi connectivity index (χ0v) is 29.3. The van der Waals surface area contributed by atoms with E-state index in [0.29, 0.717) is 0 Å². The Morgan fingerprint density at radius 2 is 0.885 bits per heavy atom. The molecule has 0 radical (unpaired) electrons. The molecule has 9 aromatic rings. The van der Waals surface area contributed by atoms with E-state index in [4.69, 9.17) is 0 Å². The van der Waals surface area contributed by atoms with Gasteiger partial charge in [0, 0.05) is 22.4 Å². The first-order valence-electron chi connectivity index (χ1n) is 18.2. The van der Waals surface area contributed by atoms with Crippen molar-refractivity contribution >= 4 is 49.4 Å². The molecule has 1 aliphatic rings. The van der Waals surface area contributed by atoms with Gasteiger partial charge in [-0.3, -0.25) is 0 Å². The van der Waals surface area contributed by atoms with Gasteiger partial charge < -0.3 is 4.90 Å². The van der Waals surface area contributed by atoms with Crippen LogP contribution in [0.3, 0.4) is 0 Å². The van der Waals surface area contributed by atoms with Crippen LogP contribution in [0.2, 0.25) is 0 Å². The Bertz CT molecular complexity index is 2800. The van der Waals surface area contributed by atoms with E-state index in [1.807, 2.05) is 0 Å². The molecular weight excluding hydrogens is 627 g/mol. The number of nitrogens with zero attached hydrogens (tertiary/aromatic N) is 1. The molecular formula is C51H37N. The van der Waals surface area contributed by atoms with Crippen molar-refractivity contribution in [3.63, 3.8) is 0 Å². The third kappa shape index (κ3) is 4.70. The van der Waals surface area contributed by atoms with Gasteiger partial charge in [-0.05, 0) is 108 Å². The fourth-order valence-corrected chi connectivity index (χ4v) is 8.70. The lowest BCUT2D eigenvalue weighted by Crippen LogP contribution is -2.16. The Labute approximate surface area is 305 Å². The Balaban J connectivity index is 1.14. The molecule has 1 nitrogen and oxygen atoms in total. The van der Waals surface area contributed by atoms with Crippen molar-refractivity contribution in [2.45, 2.75) is 19.3 Å². The van der Waals surface area contributed by atoms with Crippen molar-refractivity contribution in [2.75, 3.05) is 4.90 Å². The van der Waals surface area contributed by atoms with Crippen LogP contribution in [0.4, 0.5) is 17.1 Å². The van der Waals surface area contributed by atoms with Crippen LogP contribution in [-0.4, -0.2) is 0 Å². The molecule has 246 valence electrons. The van der Waals surface area contributed by atoms with Gasteiger partial charge in [-0.2, -0.15) is 0 Å². The first-order chi connectivity index (χ1) is 25.6. The molecule has 0 amide bonds. The molecule has 0 unspecified atom stereocenters. The van der Waals surface area contributed by atoms with E-state index < -0.39 is 0 Å². The quantitative estimate of drug-likeness (QED) is 0.166. The Kier molecular flexibility index (Phi) is 6.91. The summed E-state index contributed by atoms with van der Waals surface area (Å²) in [6.45, 7) is 4.71. The number of hydrogen-bond donors (Lipinski definition) is 0. The van der Waals surface area contributed by atoms with Gasteiger partial charge in [0.05, 0.1) is 5.69 Å². The first kappa shape index (κ1) is 30.4. The standard InChI is InChI=1S/C51H37N/c1-51(2)47-22-10-9-20-45(47)50-48(51)23-12-24-49(50)52(38-29-25-35(26-30-38)41-21-11-15-34-13-3-5-16-40(34)41)39-31-27-36(28-32-39)46-33-37-14-4-6-17-42(37)43-18-7-8-19-44(43)46/h3-33H,1-2H3. The minimum atomic E-state index is -0.0904. The van der Waals surface area contributed by atoms with Crippen LogP contribution in [0.15, 0.2) is 188 Å². The highest BCUT2D eigenvalue weighted by molar-refractivity contribution is 6.13. The number of hydrogen-bond acceptors (Lipinski definition) is 1. The smallest absolute Gasteiger partial charge is 0.0543 e. The van der Waals surface area contributed by atoms with E-state index in [1.165, 1.54) is 82.5 Å². The molecule has 1 aliphatic carbocycles. The van der Waals surface area contributed by atoms with E-state index in [2.05, 4.69) is 207 Å². The average molecular weight is 664 g/mol. The topological polar surface area (TPSA) is 3.24 Å². The molecule has 0 heterocycles. The van der Waals surface area contributed by atoms with Crippen molar-refractivity contribution in [3.8, 4) is 33.4 Å². The molecule has 1 heteroatoms. The number of benzene rings is 9. The summed E-state index contributed by atoms with van der Waals surface area (Å²) in [5, 5.41) is 7.63. The summed E-state index contributed by atoms with van der Waals surface area (Å²) in [4.78, 5) is 2.45. The van der Waals surface area contributed by atoms with Gasteiger partial charge >= 0.3 is 0 Å². The number of rotatable bonds is 5. The summed E-state index contributed by atoms with van der Waals surface area (Å²) >= 11 is 0. The molecule has 0 saturated heterocycles. The van der Waals surface area contributed by atoms with Gasteiger partial charge in [-0.15, -0.1) is 0 Å². The van der Waals surface area contributed by atoms with E-state index in [0.717, 1.165) is 11.4 Å². The molecule has 0 aromatic heterocycles. The van der Waals surface area contributed by atoms with E-state index in [1.54, 1.807) is 0 Å². The van der Waals surface area contributed by atoms with Gasteiger partial charge in [0.15, 0.2) is 0 Å². The van der Waals surface area contributed by atoms with Crippen molar-refractivity contribution in [1.82, 2.24) is 0 Å². The third-order valence-electron chi connectivity index (χ3n) is 11.3. The normalized spacial score (nSPS) is 13.0. The predicted molar refractivity (Wildman–Crippen MR) is 222 cm³/mol. The van der Waals surface area contributed by atoms with Gasteiger partial charge in [0.25, 0.3) is 0 Å². The maximum absolute atomic E-state index is 2.45. The molecule has 10 rings (SSSR count). The molecule has 0 aliphatic heterocycles. The predicted octanol–water partition coefficient (Wildman–Crippen LogP) is 14.3. The van der Waals surface area contributed by atoms with Crippen LogP contribution in [-0.2, 0) is 5.41 Å². The molecule has 0 fully saturated rings. The van der Waals surface area contributed by atoms with Crippen LogP contribution >= 0.6 is 0 Å². The summed E-state index contributed by atoms with van der Waals surface area (Å²) in [5.41, 5.74) is 13.6. The molecule has 0 spiro atoms. The van der Waals surface area contributed by atoms with E-state index in [-0.39, 0.29) is 5.41 Å². The second-order valence-corrected chi connectivity index (χ2v) is 14.5. The van der Waals surface area contributed by atoms with E-state index >= 15 is 0 Å². The van der Waals surface area contributed by atoms with Crippen LogP contribution in [0.25, 0.3) is 65.7 Å². The SMILES string of the molecule is CC1(C)c2ccccc2-c2c(N(c3ccc(-c4cccc5ccccc45)cc3)c3ccc(-c4cc5ccccc5c5ccccc45)cc3)cccc21.